The number of fused-ring (bicyclic) bond motifs is 1. The summed E-state index contributed by atoms with van der Waals surface area (Å²) in [5.41, 5.74) is 1.72. The van der Waals surface area contributed by atoms with Gasteiger partial charge in [-0.1, -0.05) is 0 Å². The number of rotatable bonds is 2. The van der Waals surface area contributed by atoms with Gasteiger partial charge in [0, 0.05) is 12.3 Å². The lowest BCUT2D eigenvalue weighted by Gasteiger charge is -1.95. The standard InChI is InChI=1S/C12H7FN4OS/c13-8-6-7(3-4-10(8)18)15-16-12-11-9(17-19-12)2-1-5-14-11/h1-6,18H/b16-15+. The van der Waals surface area contributed by atoms with Gasteiger partial charge in [0.05, 0.1) is 5.69 Å². The van der Waals surface area contributed by atoms with E-state index in [2.05, 4.69) is 19.6 Å². The Bertz CT molecular complexity index is 771. The van der Waals surface area contributed by atoms with E-state index in [-0.39, 0.29) is 0 Å². The molecule has 0 spiro atoms. The highest BCUT2D eigenvalue weighted by molar-refractivity contribution is 7.11. The molecule has 0 unspecified atom stereocenters. The third-order valence-corrected chi connectivity index (χ3v) is 3.14. The van der Waals surface area contributed by atoms with Gasteiger partial charge in [0.15, 0.2) is 16.6 Å². The summed E-state index contributed by atoms with van der Waals surface area (Å²) in [7, 11) is 0. The molecule has 1 N–H and O–H groups in total. The number of benzene rings is 1. The normalized spacial score (nSPS) is 11.4. The maximum atomic E-state index is 13.1. The predicted molar refractivity (Wildman–Crippen MR) is 69.7 cm³/mol. The van der Waals surface area contributed by atoms with Crippen molar-refractivity contribution in [1.82, 2.24) is 9.36 Å². The van der Waals surface area contributed by atoms with Gasteiger partial charge in [-0.2, -0.15) is 4.37 Å². The van der Waals surface area contributed by atoms with Crippen LogP contribution in [-0.4, -0.2) is 14.5 Å². The molecule has 3 rings (SSSR count). The van der Waals surface area contributed by atoms with Crippen molar-refractivity contribution < 1.29 is 9.50 Å². The minimum Gasteiger partial charge on any atom is -0.505 e. The molecule has 0 fully saturated rings. The monoisotopic (exact) mass is 274 g/mol. The van der Waals surface area contributed by atoms with Crippen molar-refractivity contribution in [3.63, 3.8) is 0 Å². The first-order chi connectivity index (χ1) is 9.24. The molecule has 0 saturated heterocycles. The van der Waals surface area contributed by atoms with Crippen LogP contribution >= 0.6 is 11.5 Å². The number of aromatic nitrogens is 2. The van der Waals surface area contributed by atoms with E-state index in [1.54, 1.807) is 12.3 Å². The quantitative estimate of drug-likeness (QED) is 0.719. The minimum absolute atomic E-state index is 0.313. The van der Waals surface area contributed by atoms with Crippen molar-refractivity contribution in [2.24, 2.45) is 10.2 Å². The number of phenols is 1. The Hall–Kier alpha value is -2.41. The van der Waals surface area contributed by atoms with Crippen LogP contribution < -0.4 is 0 Å². The molecule has 2 heterocycles. The summed E-state index contributed by atoms with van der Waals surface area (Å²) in [6.45, 7) is 0. The molecule has 94 valence electrons. The Labute approximate surface area is 111 Å². The smallest absolute Gasteiger partial charge is 0.184 e. The van der Waals surface area contributed by atoms with Gasteiger partial charge >= 0.3 is 0 Å². The fraction of sp³-hybridized carbons (Fsp3) is 0. The van der Waals surface area contributed by atoms with Crippen LogP contribution in [0.5, 0.6) is 5.75 Å². The second kappa shape index (κ2) is 4.69. The van der Waals surface area contributed by atoms with Crippen LogP contribution in [0.2, 0.25) is 0 Å². The zero-order valence-electron chi connectivity index (χ0n) is 9.49. The number of aromatic hydroxyl groups is 1. The second-order valence-electron chi connectivity index (χ2n) is 3.69. The highest BCUT2D eigenvalue weighted by Crippen LogP contribution is 2.30. The van der Waals surface area contributed by atoms with Crippen LogP contribution in [0.25, 0.3) is 11.0 Å². The summed E-state index contributed by atoms with van der Waals surface area (Å²) >= 11 is 1.17. The number of hydrogen-bond donors (Lipinski definition) is 1. The topological polar surface area (TPSA) is 70.7 Å². The van der Waals surface area contributed by atoms with E-state index >= 15 is 0 Å². The first-order valence-corrected chi connectivity index (χ1v) is 6.12. The van der Waals surface area contributed by atoms with E-state index in [9.17, 15) is 4.39 Å². The maximum absolute atomic E-state index is 13.1. The molecule has 2 aromatic heterocycles. The van der Waals surface area contributed by atoms with Crippen LogP contribution in [0.1, 0.15) is 0 Å². The van der Waals surface area contributed by atoms with E-state index in [1.807, 2.05) is 6.07 Å². The first-order valence-electron chi connectivity index (χ1n) is 5.35. The fourth-order valence-electron chi connectivity index (χ4n) is 1.50. The van der Waals surface area contributed by atoms with E-state index in [0.717, 1.165) is 11.6 Å². The molecule has 19 heavy (non-hydrogen) atoms. The zero-order valence-corrected chi connectivity index (χ0v) is 10.3. The van der Waals surface area contributed by atoms with Crippen LogP contribution in [0.4, 0.5) is 15.1 Å². The predicted octanol–water partition coefficient (Wildman–Crippen LogP) is 3.95. The molecular formula is C12H7FN4OS. The van der Waals surface area contributed by atoms with Crippen LogP contribution in [0.3, 0.4) is 0 Å². The van der Waals surface area contributed by atoms with E-state index in [4.69, 9.17) is 5.11 Å². The van der Waals surface area contributed by atoms with E-state index in [0.29, 0.717) is 16.2 Å². The Balaban J connectivity index is 1.96. The summed E-state index contributed by atoms with van der Waals surface area (Å²) in [4.78, 5) is 4.17. The van der Waals surface area contributed by atoms with Crippen molar-refractivity contribution in [3.05, 3.63) is 42.3 Å². The van der Waals surface area contributed by atoms with Crippen molar-refractivity contribution in [2.75, 3.05) is 0 Å². The van der Waals surface area contributed by atoms with Gasteiger partial charge in [-0.3, -0.25) is 4.98 Å². The number of phenolic OH excluding ortho intramolecular Hbond substituents is 1. The average molecular weight is 274 g/mol. The van der Waals surface area contributed by atoms with Gasteiger partial charge in [0.2, 0.25) is 0 Å². The van der Waals surface area contributed by atoms with Gasteiger partial charge in [0.25, 0.3) is 0 Å². The SMILES string of the molecule is Oc1ccc(/N=N/c2snc3cccnc23)cc1F. The molecule has 0 bridgehead atoms. The number of halogens is 1. The molecule has 0 aliphatic heterocycles. The summed E-state index contributed by atoms with van der Waals surface area (Å²) in [5.74, 6) is -1.15. The molecule has 3 aromatic rings. The van der Waals surface area contributed by atoms with Crippen LogP contribution in [0, 0.1) is 5.82 Å². The molecule has 0 aliphatic rings. The summed E-state index contributed by atoms with van der Waals surface area (Å²) < 4.78 is 17.3. The van der Waals surface area contributed by atoms with Gasteiger partial charge in [-0.15, -0.1) is 10.2 Å². The molecular weight excluding hydrogens is 267 g/mol. The van der Waals surface area contributed by atoms with Gasteiger partial charge in [0.1, 0.15) is 11.0 Å². The third kappa shape index (κ3) is 2.27. The third-order valence-electron chi connectivity index (χ3n) is 2.41. The first kappa shape index (κ1) is 11.7. The molecule has 5 nitrogen and oxygen atoms in total. The van der Waals surface area contributed by atoms with Crippen molar-refractivity contribution in [2.45, 2.75) is 0 Å². The highest BCUT2D eigenvalue weighted by atomic mass is 32.1. The van der Waals surface area contributed by atoms with Gasteiger partial charge in [-0.25, -0.2) is 4.39 Å². The second-order valence-corrected chi connectivity index (χ2v) is 4.45. The molecule has 0 atom stereocenters. The maximum Gasteiger partial charge on any atom is 0.184 e. The van der Waals surface area contributed by atoms with Crippen LogP contribution in [0.15, 0.2) is 46.8 Å². The summed E-state index contributed by atoms with van der Waals surface area (Å²) in [6, 6.07) is 7.43. The number of pyridine rings is 1. The summed E-state index contributed by atoms with van der Waals surface area (Å²) in [6.07, 6.45) is 1.65. The van der Waals surface area contributed by atoms with Gasteiger partial charge in [-0.05, 0) is 35.8 Å². The van der Waals surface area contributed by atoms with E-state index < -0.39 is 11.6 Å². The van der Waals surface area contributed by atoms with Crippen molar-refractivity contribution in [1.29, 1.82) is 0 Å². The number of azo groups is 1. The highest BCUT2D eigenvalue weighted by Gasteiger charge is 2.06. The largest absolute Gasteiger partial charge is 0.505 e. The van der Waals surface area contributed by atoms with Crippen molar-refractivity contribution >= 4 is 33.3 Å². The Morgan fingerprint density at radius 3 is 2.95 bits per heavy atom. The fourth-order valence-corrected chi connectivity index (χ4v) is 2.15. The number of nitrogens with zero attached hydrogens (tertiary/aromatic N) is 4. The van der Waals surface area contributed by atoms with E-state index in [1.165, 1.54) is 23.7 Å². The molecule has 0 aliphatic carbocycles. The molecule has 0 radical (unpaired) electrons. The van der Waals surface area contributed by atoms with Crippen molar-refractivity contribution in [3.8, 4) is 5.75 Å². The number of hydrogen-bond acceptors (Lipinski definition) is 6. The minimum atomic E-state index is -0.733. The molecule has 0 amide bonds. The lowest BCUT2D eigenvalue weighted by Crippen LogP contribution is -1.74. The Morgan fingerprint density at radius 2 is 2.11 bits per heavy atom. The zero-order chi connectivity index (χ0) is 13.2. The van der Waals surface area contributed by atoms with Gasteiger partial charge < -0.3 is 5.11 Å². The molecule has 1 aromatic carbocycles. The molecule has 7 heteroatoms. The Morgan fingerprint density at radius 1 is 1.21 bits per heavy atom. The lowest BCUT2D eigenvalue weighted by atomic mass is 10.3. The molecule has 0 saturated carbocycles. The summed E-state index contributed by atoms with van der Waals surface area (Å²) in [5, 5.41) is 17.5. The Kier molecular flexibility index (Phi) is 2.88. The van der Waals surface area contributed by atoms with Crippen LogP contribution in [-0.2, 0) is 0 Å². The lowest BCUT2D eigenvalue weighted by molar-refractivity contribution is 0.432. The average Bonchev–Trinajstić information content (AvgIpc) is 2.83.